The second-order valence-electron chi connectivity index (χ2n) is 5.58. The maximum absolute atomic E-state index is 11.9. The maximum atomic E-state index is 11.9. The minimum Gasteiger partial charge on any atom is -0.332 e. The van der Waals surface area contributed by atoms with Gasteiger partial charge in [0, 0.05) is 18.2 Å². The lowest BCUT2D eigenvalue weighted by Gasteiger charge is -2.31. The summed E-state index contributed by atoms with van der Waals surface area (Å²) >= 11 is 1.72. The van der Waals surface area contributed by atoms with E-state index in [9.17, 15) is 4.79 Å². The van der Waals surface area contributed by atoms with Crippen molar-refractivity contribution in [2.45, 2.75) is 30.6 Å². The molecule has 0 bridgehead atoms. The SMILES string of the molecule is Cc1ccc(CSC2NC(=O)CC(c3ccccc3)N2)cc1. The molecule has 0 saturated carbocycles. The Morgan fingerprint density at radius 3 is 2.55 bits per heavy atom. The molecule has 0 aromatic heterocycles. The number of carbonyl (C=O) groups is 1. The molecule has 0 spiro atoms. The molecule has 1 saturated heterocycles. The molecule has 1 aliphatic heterocycles. The van der Waals surface area contributed by atoms with Gasteiger partial charge in [-0.3, -0.25) is 10.1 Å². The Labute approximate surface area is 135 Å². The molecule has 2 atom stereocenters. The van der Waals surface area contributed by atoms with Gasteiger partial charge in [0.2, 0.25) is 5.91 Å². The van der Waals surface area contributed by atoms with Crippen LogP contribution in [-0.4, -0.2) is 11.4 Å². The van der Waals surface area contributed by atoms with E-state index in [0.717, 1.165) is 5.75 Å². The summed E-state index contributed by atoms with van der Waals surface area (Å²) in [6, 6.07) is 18.8. The van der Waals surface area contributed by atoms with Gasteiger partial charge in [-0.25, -0.2) is 0 Å². The zero-order chi connectivity index (χ0) is 15.4. The van der Waals surface area contributed by atoms with Crippen LogP contribution in [0.4, 0.5) is 0 Å². The molecule has 2 unspecified atom stereocenters. The lowest BCUT2D eigenvalue weighted by molar-refractivity contribution is -0.123. The van der Waals surface area contributed by atoms with E-state index in [-0.39, 0.29) is 17.4 Å². The fourth-order valence-electron chi connectivity index (χ4n) is 2.53. The first-order valence-electron chi connectivity index (χ1n) is 7.48. The summed E-state index contributed by atoms with van der Waals surface area (Å²) in [7, 11) is 0. The van der Waals surface area contributed by atoms with Gasteiger partial charge in [-0.1, -0.05) is 60.2 Å². The van der Waals surface area contributed by atoms with E-state index in [1.807, 2.05) is 18.2 Å². The zero-order valence-corrected chi connectivity index (χ0v) is 13.4. The van der Waals surface area contributed by atoms with E-state index >= 15 is 0 Å². The number of thioether (sulfide) groups is 1. The first kappa shape index (κ1) is 15.1. The number of hydrogen-bond donors (Lipinski definition) is 2. The molecule has 4 heteroatoms. The molecule has 0 radical (unpaired) electrons. The van der Waals surface area contributed by atoms with E-state index in [0.29, 0.717) is 6.42 Å². The van der Waals surface area contributed by atoms with Crippen molar-refractivity contribution in [3.8, 4) is 0 Å². The predicted molar refractivity (Wildman–Crippen MR) is 91.3 cm³/mol. The minimum absolute atomic E-state index is 0.0484. The van der Waals surface area contributed by atoms with Crippen molar-refractivity contribution >= 4 is 17.7 Å². The molecule has 2 aromatic carbocycles. The Hall–Kier alpha value is -1.78. The maximum Gasteiger partial charge on any atom is 0.223 e. The number of hydrogen-bond acceptors (Lipinski definition) is 3. The van der Waals surface area contributed by atoms with Crippen molar-refractivity contribution in [3.05, 3.63) is 71.3 Å². The average molecular weight is 312 g/mol. The van der Waals surface area contributed by atoms with Crippen molar-refractivity contribution in [2.75, 3.05) is 0 Å². The molecule has 3 nitrogen and oxygen atoms in total. The number of amides is 1. The topological polar surface area (TPSA) is 41.1 Å². The molecule has 2 N–H and O–H groups in total. The van der Waals surface area contributed by atoms with Crippen LogP contribution in [0.25, 0.3) is 0 Å². The highest BCUT2D eigenvalue weighted by Gasteiger charge is 2.26. The van der Waals surface area contributed by atoms with Crippen molar-refractivity contribution < 1.29 is 4.79 Å². The van der Waals surface area contributed by atoms with Crippen LogP contribution in [0.5, 0.6) is 0 Å². The van der Waals surface area contributed by atoms with Crippen LogP contribution >= 0.6 is 11.8 Å². The minimum atomic E-state index is -0.0484. The summed E-state index contributed by atoms with van der Waals surface area (Å²) in [5.41, 5.74) is 3.65. The molecule has 1 amide bonds. The van der Waals surface area contributed by atoms with Crippen LogP contribution in [0.15, 0.2) is 54.6 Å². The summed E-state index contributed by atoms with van der Waals surface area (Å²) in [5.74, 6) is 0.980. The Morgan fingerprint density at radius 2 is 1.82 bits per heavy atom. The molecule has 22 heavy (non-hydrogen) atoms. The fraction of sp³-hybridized carbons (Fsp3) is 0.278. The van der Waals surface area contributed by atoms with Crippen LogP contribution in [0, 0.1) is 6.92 Å². The van der Waals surface area contributed by atoms with Crippen molar-refractivity contribution in [1.82, 2.24) is 10.6 Å². The average Bonchev–Trinajstić information content (AvgIpc) is 2.55. The highest BCUT2D eigenvalue weighted by Crippen LogP contribution is 2.25. The van der Waals surface area contributed by atoms with Gasteiger partial charge in [-0.15, -0.1) is 11.8 Å². The van der Waals surface area contributed by atoms with E-state index in [1.165, 1.54) is 16.7 Å². The molecular weight excluding hydrogens is 292 g/mol. The second kappa shape index (κ2) is 6.99. The molecular formula is C18H20N2OS. The number of carbonyl (C=O) groups excluding carboxylic acids is 1. The Morgan fingerprint density at radius 1 is 1.09 bits per heavy atom. The van der Waals surface area contributed by atoms with Gasteiger partial charge in [0.05, 0.1) is 0 Å². The lowest BCUT2D eigenvalue weighted by Crippen LogP contribution is -2.50. The fourth-order valence-corrected chi connectivity index (χ4v) is 3.55. The number of nitrogens with one attached hydrogen (secondary N) is 2. The summed E-state index contributed by atoms with van der Waals surface area (Å²) in [4.78, 5) is 11.9. The molecule has 2 aromatic rings. The highest BCUT2D eigenvalue weighted by molar-refractivity contribution is 7.99. The van der Waals surface area contributed by atoms with Crippen molar-refractivity contribution in [3.63, 3.8) is 0 Å². The number of rotatable bonds is 4. The van der Waals surface area contributed by atoms with Gasteiger partial charge in [-0.2, -0.15) is 0 Å². The lowest BCUT2D eigenvalue weighted by atomic mass is 10.0. The summed E-state index contributed by atoms with van der Waals surface area (Å²) in [6.07, 6.45) is 0.492. The second-order valence-corrected chi connectivity index (χ2v) is 6.67. The third-order valence-electron chi connectivity index (χ3n) is 3.77. The first-order valence-corrected chi connectivity index (χ1v) is 8.53. The monoisotopic (exact) mass is 312 g/mol. The van der Waals surface area contributed by atoms with Gasteiger partial charge >= 0.3 is 0 Å². The van der Waals surface area contributed by atoms with Crippen LogP contribution in [0.3, 0.4) is 0 Å². The summed E-state index contributed by atoms with van der Waals surface area (Å²) in [6.45, 7) is 2.09. The number of aryl methyl sites for hydroxylation is 1. The molecule has 0 aliphatic carbocycles. The molecule has 3 rings (SSSR count). The third-order valence-corrected chi connectivity index (χ3v) is 4.86. The van der Waals surface area contributed by atoms with Gasteiger partial charge in [0.15, 0.2) is 0 Å². The third kappa shape index (κ3) is 3.90. The van der Waals surface area contributed by atoms with Crippen LogP contribution in [0.2, 0.25) is 0 Å². The summed E-state index contributed by atoms with van der Waals surface area (Å²) < 4.78 is 0. The van der Waals surface area contributed by atoms with Crippen LogP contribution in [-0.2, 0) is 10.5 Å². The van der Waals surface area contributed by atoms with Gasteiger partial charge < -0.3 is 5.32 Å². The van der Waals surface area contributed by atoms with Gasteiger partial charge in [0.1, 0.15) is 5.50 Å². The Bertz CT molecular complexity index is 627. The first-order chi connectivity index (χ1) is 10.7. The molecule has 114 valence electrons. The molecule has 1 fully saturated rings. The normalized spacial score (nSPS) is 21.4. The summed E-state index contributed by atoms with van der Waals surface area (Å²) in [5, 5.41) is 6.52. The quantitative estimate of drug-likeness (QED) is 0.909. The number of benzene rings is 2. The molecule has 1 aliphatic rings. The van der Waals surface area contributed by atoms with Gasteiger partial charge in [0.25, 0.3) is 0 Å². The van der Waals surface area contributed by atoms with Crippen molar-refractivity contribution in [1.29, 1.82) is 0 Å². The predicted octanol–water partition coefficient (Wildman–Crippen LogP) is 3.36. The largest absolute Gasteiger partial charge is 0.332 e. The zero-order valence-electron chi connectivity index (χ0n) is 12.6. The highest BCUT2D eigenvalue weighted by atomic mass is 32.2. The van der Waals surface area contributed by atoms with Crippen LogP contribution in [0.1, 0.15) is 29.2 Å². The Kier molecular flexibility index (Phi) is 4.80. The smallest absolute Gasteiger partial charge is 0.223 e. The molecule has 1 heterocycles. The van der Waals surface area contributed by atoms with Gasteiger partial charge in [-0.05, 0) is 18.1 Å². The standard InChI is InChI=1S/C18H20N2OS/c1-13-7-9-14(10-8-13)12-22-18-19-16(11-17(21)20-18)15-5-3-2-4-6-15/h2-10,16,18-19H,11-12H2,1H3,(H,20,21). The van der Waals surface area contributed by atoms with E-state index in [2.05, 4.69) is 54.0 Å². The Balaban J connectivity index is 1.61. The van der Waals surface area contributed by atoms with Crippen molar-refractivity contribution in [2.24, 2.45) is 0 Å². The van der Waals surface area contributed by atoms with Crippen LogP contribution < -0.4 is 10.6 Å². The van der Waals surface area contributed by atoms with E-state index < -0.39 is 0 Å². The van der Waals surface area contributed by atoms with E-state index in [4.69, 9.17) is 0 Å². The van der Waals surface area contributed by atoms with E-state index in [1.54, 1.807) is 11.8 Å².